The first-order valence-corrected chi connectivity index (χ1v) is 29.3. The van der Waals surface area contributed by atoms with Crippen LogP contribution in [-0.2, 0) is 80.0 Å². The molecule has 10 atom stereocenters. The number of nitrogens with two attached hydrogens (primary N) is 4. The summed E-state index contributed by atoms with van der Waals surface area (Å²) in [4.78, 5) is 186. The second-order valence-electron chi connectivity index (χ2n) is 20.6. The van der Waals surface area contributed by atoms with E-state index in [9.17, 15) is 87.5 Å². The predicted molar refractivity (Wildman–Crippen MR) is 311 cm³/mol. The van der Waals surface area contributed by atoms with Crippen LogP contribution in [0.5, 0.6) is 5.75 Å². The van der Waals surface area contributed by atoms with Crippen LogP contribution in [0.25, 0.3) is 0 Å². The number of primary amides is 2. The van der Waals surface area contributed by atoms with E-state index < -0.39 is 182 Å². The number of aliphatic carboxylic acids is 3. The Morgan fingerprint density at radius 1 is 0.563 bits per heavy atom. The zero-order chi connectivity index (χ0) is 64.9. The second-order valence-corrected chi connectivity index (χ2v) is 21.6. The number of unbranched alkanes of at least 4 members (excludes halogenated alkanes) is 1. The summed E-state index contributed by atoms with van der Waals surface area (Å²) < 4.78 is 0. The van der Waals surface area contributed by atoms with Gasteiger partial charge in [-0.1, -0.05) is 42.5 Å². The van der Waals surface area contributed by atoms with E-state index >= 15 is 0 Å². The number of nitrogens with zero attached hydrogens (tertiary/aromatic N) is 1. The Kier molecular flexibility index (Phi) is 30.6. The minimum Gasteiger partial charge on any atom is -0.508 e. The Hall–Kier alpha value is -8.91. The Morgan fingerprint density at radius 2 is 1.06 bits per heavy atom. The van der Waals surface area contributed by atoms with Gasteiger partial charge >= 0.3 is 17.9 Å². The summed E-state index contributed by atoms with van der Waals surface area (Å²) in [6, 6.07) is -1.84. The molecule has 0 saturated carbocycles. The van der Waals surface area contributed by atoms with Crippen LogP contribution in [0.3, 0.4) is 0 Å². The van der Waals surface area contributed by atoms with E-state index in [1.807, 2.05) is 0 Å². The van der Waals surface area contributed by atoms with Crippen molar-refractivity contribution >= 4 is 94.6 Å². The lowest BCUT2D eigenvalue weighted by Gasteiger charge is -2.29. The summed E-state index contributed by atoms with van der Waals surface area (Å²) in [7, 11) is 0. The van der Waals surface area contributed by atoms with Crippen molar-refractivity contribution in [1.29, 1.82) is 0 Å². The van der Waals surface area contributed by atoms with Gasteiger partial charge in [-0.3, -0.25) is 62.3 Å². The molecular formula is C55H79N13O18S. The molecule has 11 amide bonds. The highest BCUT2D eigenvalue weighted by Crippen LogP contribution is 2.20. The molecule has 3 rings (SSSR count). The second kappa shape index (κ2) is 36.8. The number of aromatic hydroxyl groups is 1. The molecule has 2 aromatic rings. The van der Waals surface area contributed by atoms with E-state index in [-0.39, 0.29) is 57.4 Å². The maximum atomic E-state index is 14.3. The molecule has 1 aliphatic rings. The van der Waals surface area contributed by atoms with Crippen molar-refractivity contribution in [2.75, 3.05) is 25.1 Å². The normalized spacial score (nSPS) is 15.8. The number of likely N-dealkylation sites (tertiary alicyclic amines) is 1. The summed E-state index contributed by atoms with van der Waals surface area (Å²) in [6.07, 6.45) is -1.63. The number of carboxylic acids is 3. The van der Waals surface area contributed by atoms with Crippen molar-refractivity contribution in [2.45, 2.75) is 157 Å². The van der Waals surface area contributed by atoms with Crippen molar-refractivity contribution in [3.8, 4) is 5.75 Å². The largest absolute Gasteiger partial charge is 0.508 e. The molecule has 1 saturated heterocycles. The molecule has 31 nitrogen and oxygen atoms in total. The van der Waals surface area contributed by atoms with Crippen LogP contribution in [-0.4, -0.2) is 194 Å². The lowest BCUT2D eigenvalue weighted by Crippen LogP contribution is -2.60. The van der Waals surface area contributed by atoms with Gasteiger partial charge in [-0.2, -0.15) is 11.8 Å². The van der Waals surface area contributed by atoms with E-state index in [0.717, 1.165) is 11.8 Å². The van der Waals surface area contributed by atoms with Gasteiger partial charge in [0.2, 0.25) is 65.0 Å². The number of phenolic OH excluding ortho intramolecular Hbond substituents is 1. The monoisotopic (exact) mass is 1240 g/mol. The number of nitrogens with one attached hydrogen (secondary N) is 8. The van der Waals surface area contributed by atoms with Crippen LogP contribution in [0.4, 0.5) is 0 Å². The molecule has 1 fully saturated rings. The number of carbonyl (C=O) groups excluding carboxylic acids is 11. The number of hydrogen-bond donors (Lipinski definition) is 16. The van der Waals surface area contributed by atoms with Crippen molar-refractivity contribution in [2.24, 2.45) is 22.9 Å². The number of thioether (sulfide) groups is 1. The lowest BCUT2D eigenvalue weighted by atomic mass is 10.0. The maximum absolute atomic E-state index is 14.3. The maximum Gasteiger partial charge on any atom is 0.326 e. The fraction of sp³-hybridized carbons (Fsp3) is 0.527. The van der Waals surface area contributed by atoms with Crippen molar-refractivity contribution < 1.29 is 87.5 Å². The Morgan fingerprint density at radius 3 is 1.57 bits per heavy atom. The van der Waals surface area contributed by atoms with Gasteiger partial charge in [0.05, 0.1) is 18.9 Å². The first-order chi connectivity index (χ1) is 41.1. The molecule has 0 spiro atoms. The SMILES string of the molecule is CSCC[C@H](NC(=O)[C@H](Cc1ccccc1)NC(=O)[C@H](CCC(N)=O)NC(=O)[C@H](CC(N)=O)NC(=O)[C@H](C)NC(=O)[C@H](Cc1ccc(O)cc1)NC(=O)[C@H](CCC(=O)O)NC(=O)[C@H](CCCCN)NC(=O)[C@@H]1CCCN1C(=O)[C@@H](N)CC(=O)O)C(=O)O. The van der Waals surface area contributed by atoms with Crippen LogP contribution < -0.4 is 65.5 Å². The van der Waals surface area contributed by atoms with Crippen LogP contribution in [0, 0.1) is 0 Å². The predicted octanol–water partition coefficient (Wildman–Crippen LogP) is -4.16. The van der Waals surface area contributed by atoms with E-state index in [2.05, 4.69) is 42.5 Å². The fourth-order valence-electron chi connectivity index (χ4n) is 8.99. The molecule has 1 aliphatic heterocycles. The third kappa shape index (κ3) is 25.7. The van der Waals surface area contributed by atoms with Crippen molar-refractivity contribution in [3.05, 3.63) is 65.7 Å². The number of carbonyl (C=O) groups is 14. The molecule has 0 bridgehead atoms. The summed E-state index contributed by atoms with van der Waals surface area (Å²) in [5.74, 6) is -15.1. The highest BCUT2D eigenvalue weighted by Gasteiger charge is 2.40. The number of hydrogen-bond acceptors (Lipinski definition) is 18. The van der Waals surface area contributed by atoms with Crippen LogP contribution >= 0.6 is 11.8 Å². The van der Waals surface area contributed by atoms with Crippen LogP contribution in [0.1, 0.15) is 95.1 Å². The molecular weight excluding hydrogens is 1160 g/mol. The van der Waals surface area contributed by atoms with E-state index in [1.165, 1.54) is 36.0 Å². The van der Waals surface area contributed by atoms with Gasteiger partial charge in [-0.05, 0) is 100 Å². The molecule has 20 N–H and O–H groups in total. The zero-order valence-corrected chi connectivity index (χ0v) is 49.0. The number of benzene rings is 2. The molecule has 1 heterocycles. The number of phenols is 1. The van der Waals surface area contributed by atoms with Gasteiger partial charge in [-0.15, -0.1) is 0 Å². The van der Waals surface area contributed by atoms with Crippen LogP contribution in [0.2, 0.25) is 0 Å². The zero-order valence-electron chi connectivity index (χ0n) is 48.2. The minimum absolute atomic E-state index is 0.0320. The Labute approximate surface area is 504 Å². The Bertz CT molecular complexity index is 2760. The molecule has 0 unspecified atom stereocenters. The molecule has 32 heteroatoms. The van der Waals surface area contributed by atoms with Crippen molar-refractivity contribution in [1.82, 2.24) is 47.4 Å². The van der Waals surface area contributed by atoms with Gasteiger partial charge in [0.1, 0.15) is 60.1 Å². The van der Waals surface area contributed by atoms with Gasteiger partial charge in [-0.25, -0.2) is 4.79 Å². The first kappa shape index (κ1) is 72.3. The molecule has 2 aromatic carbocycles. The molecule has 0 aromatic heterocycles. The first-order valence-electron chi connectivity index (χ1n) is 27.9. The standard InChI is InChI=1S/C55H79N13O18S/c1-29(46(76)65-40(28-43(59)71)52(82)62-35(17-19-42(58)70)48(78)67-39(25-30-9-4-3-5-10-30)51(81)64-37(55(85)86)21-24-87-2)60-50(80)38(26-31-13-15-32(69)16-14-31)66-49(79)36(18-20-44(72)73)61-47(77)34(11-6-7-22-56)63-53(83)41-12-8-23-68(41)54(84)33(57)27-45(74)75/h3-5,9-10,13-16,29,33-41,69H,6-8,11-12,17-28,56-57H2,1-2H3,(H2,58,70)(H2,59,71)(H,60,80)(H,61,77)(H,62,82)(H,63,83)(H,64,81)(H,65,76)(H,66,79)(H,67,78)(H,72,73)(H,74,75)(H,85,86)/t29-,33-,34-,35-,36-,37-,38-,39-,40-,41-/m0/s1. The topological polar surface area (TPSA) is 523 Å². The van der Waals surface area contributed by atoms with Gasteiger partial charge in [0.25, 0.3) is 0 Å². The third-order valence-corrected chi connectivity index (χ3v) is 14.3. The average Bonchev–Trinajstić information content (AvgIpc) is 3.85. The van der Waals surface area contributed by atoms with Crippen molar-refractivity contribution in [3.63, 3.8) is 0 Å². The lowest BCUT2D eigenvalue weighted by molar-refractivity contribution is -0.144. The molecule has 478 valence electrons. The Balaban J connectivity index is 1.90. The highest BCUT2D eigenvalue weighted by atomic mass is 32.2. The number of carboxylic acid groups (broad SMARTS) is 3. The average molecular weight is 1240 g/mol. The van der Waals surface area contributed by atoms with E-state index in [1.54, 1.807) is 36.6 Å². The summed E-state index contributed by atoms with van der Waals surface area (Å²) >= 11 is 1.33. The smallest absolute Gasteiger partial charge is 0.326 e. The summed E-state index contributed by atoms with van der Waals surface area (Å²) in [5.41, 5.74) is 23.2. The van der Waals surface area contributed by atoms with Gasteiger partial charge < -0.3 is 90.8 Å². The summed E-state index contributed by atoms with van der Waals surface area (Å²) in [5, 5.41) is 58.0. The molecule has 87 heavy (non-hydrogen) atoms. The number of rotatable bonds is 39. The minimum atomic E-state index is -1.88. The van der Waals surface area contributed by atoms with Gasteiger partial charge in [0, 0.05) is 32.2 Å². The highest BCUT2D eigenvalue weighted by molar-refractivity contribution is 7.98. The molecule has 0 aliphatic carbocycles. The summed E-state index contributed by atoms with van der Waals surface area (Å²) in [6.45, 7) is 1.39. The van der Waals surface area contributed by atoms with E-state index in [4.69, 9.17) is 22.9 Å². The van der Waals surface area contributed by atoms with E-state index in [0.29, 0.717) is 29.7 Å². The van der Waals surface area contributed by atoms with Crippen LogP contribution in [0.15, 0.2) is 54.6 Å². The third-order valence-electron chi connectivity index (χ3n) is 13.7. The molecule has 0 radical (unpaired) electrons. The van der Waals surface area contributed by atoms with Gasteiger partial charge in [0.15, 0.2) is 0 Å². The fourth-order valence-corrected chi connectivity index (χ4v) is 9.46. The quantitative estimate of drug-likeness (QED) is 0.0283. The number of amides is 11.